The largest absolute Gasteiger partial charge is 0.396 e. The highest BCUT2D eigenvalue weighted by molar-refractivity contribution is 5.45. The number of aliphatic hydroxyl groups excluding tert-OH is 1. The van der Waals surface area contributed by atoms with Crippen LogP contribution in [0.1, 0.15) is 24.6 Å². The van der Waals surface area contributed by atoms with Crippen LogP contribution in [0.15, 0.2) is 48.7 Å². The van der Waals surface area contributed by atoms with Gasteiger partial charge in [-0.2, -0.15) is 0 Å². The minimum absolute atomic E-state index is 0.207. The highest BCUT2D eigenvalue weighted by Crippen LogP contribution is 2.22. The van der Waals surface area contributed by atoms with Crippen LogP contribution in [-0.2, 0) is 13.0 Å². The predicted octanol–water partition coefficient (Wildman–Crippen LogP) is 2.94. The molecule has 0 aliphatic carbocycles. The van der Waals surface area contributed by atoms with E-state index in [4.69, 9.17) is 5.11 Å². The molecule has 0 saturated carbocycles. The van der Waals surface area contributed by atoms with Gasteiger partial charge >= 0.3 is 0 Å². The van der Waals surface area contributed by atoms with Gasteiger partial charge in [0.15, 0.2) is 0 Å². The number of hydrogen-bond donors (Lipinski definition) is 2. The number of nitrogens with zero attached hydrogens (tertiary/aromatic N) is 2. The number of piperidine rings is 1. The molecule has 1 aliphatic heterocycles. The summed E-state index contributed by atoms with van der Waals surface area (Å²) in [5.41, 5.74) is 3.50. The molecule has 4 heteroatoms. The molecule has 0 amide bonds. The molecule has 1 aliphatic rings. The Kier molecular flexibility index (Phi) is 5.83. The first kappa shape index (κ1) is 16.9. The Morgan fingerprint density at radius 2 is 2.04 bits per heavy atom. The van der Waals surface area contributed by atoms with E-state index >= 15 is 0 Å². The van der Waals surface area contributed by atoms with Crippen LogP contribution in [0.3, 0.4) is 0 Å². The number of likely N-dealkylation sites (tertiary alicyclic amines) is 1. The molecule has 1 saturated heterocycles. The first-order valence-electron chi connectivity index (χ1n) is 8.83. The maximum atomic E-state index is 8.99. The second-order valence-corrected chi connectivity index (χ2v) is 6.74. The fourth-order valence-electron chi connectivity index (χ4n) is 3.42. The topological polar surface area (TPSA) is 48.4 Å². The Morgan fingerprint density at radius 3 is 2.71 bits per heavy atom. The summed E-state index contributed by atoms with van der Waals surface area (Å²) < 4.78 is 0. The summed E-state index contributed by atoms with van der Waals surface area (Å²) in [7, 11) is 0. The van der Waals surface area contributed by atoms with Crippen LogP contribution >= 0.6 is 0 Å². The van der Waals surface area contributed by atoms with Crippen LogP contribution in [0.25, 0.3) is 0 Å². The van der Waals surface area contributed by atoms with E-state index in [0.717, 1.165) is 38.2 Å². The number of aliphatic hydroxyl groups is 1. The number of anilines is 1. The monoisotopic (exact) mass is 325 g/mol. The van der Waals surface area contributed by atoms with E-state index in [-0.39, 0.29) is 6.61 Å². The quantitative estimate of drug-likeness (QED) is 0.857. The maximum absolute atomic E-state index is 8.99. The zero-order chi connectivity index (χ0) is 16.8. The minimum atomic E-state index is 0.207. The fraction of sp³-hybridized carbons (Fsp3) is 0.450. The molecule has 2 heterocycles. The van der Waals surface area contributed by atoms with Gasteiger partial charge in [-0.25, -0.2) is 0 Å². The Labute approximate surface area is 144 Å². The molecular formula is C20H27N3O. The van der Waals surface area contributed by atoms with Gasteiger partial charge in [-0.05, 0) is 48.6 Å². The summed E-state index contributed by atoms with van der Waals surface area (Å²) in [4.78, 5) is 6.93. The number of benzene rings is 1. The fourth-order valence-corrected chi connectivity index (χ4v) is 3.42. The highest BCUT2D eigenvalue weighted by atomic mass is 16.2. The van der Waals surface area contributed by atoms with E-state index < -0.39 is 0 Å². The Balaban J connectivity index is 1.52. The predicted molar refractivity (Wildman–Crippen MR) is 97.9 cm³/mol. The Hall–Kier alpha value is -1.91. The average molecular weight is 325 g/mol. The molecule has 128 valence electrons. The van der Waals surface area contributed by atoms with Crippen LogP contribution in [-0.4, -0.2) is 40.7 Å². The number of pyridine rings is 1. The molecule has 2 N–H and O–H groups in total. The van der Waals surface area contributed by atoms with E-state index in [1.54, 1.807) is 0 Å². The molecule has 2 atom stereocenters. The molecule has 1 fully saturated rings. The van der Waals surface area contributed by atoms with Gasteiger partial charge < -0.3 is 10.4 Å². The lowest BCUT2D eigenvalue weighted by Crippen LogP contribution is -2.44. The molecule has 2 aromatic rings. The summed E-state index contributed by atoms with van der Waals surface area (Å²) >= 11 is 0. The molecule has 2 unspecified atom stereocenters. The van der Waals surface area contributed by atoms with E-state index in [1.807, 2.05) is 12.3 Å². The lowest BCUT2D eigenvalue weighted by Gasteiger charge is -2.37. The summed E-state index contributed by atoms with van der Waals surface area (Å²) in [5.74, 6) is 0.597. The number of nitrogens with one attached hydrogen (secondary N) is 1. The van der Waals surface area contributed by atoms with Crippen molar-refractivity contribution in [2.75, 3.05) is 25.0 Å². The number of hydrogen-bond acceptors (Lipinski definition) is 4. The molecular weight excluding hydrogens is 298 g/mol. The lowest BCUT2D eigenvalue weighted by atomic mass is 9.93. The molecule has 4 nitrogen and oxygen atoms in total. The molecule has 1 aromatic carbocycles. The van der Waals surface area contributed by atoms with E-state index in [2.05, 4.69) is 58.5 Å². The SMILES string of the molecule is CC1CN(Cc2ccccn2)CCC1Nc1ccc(CCO)cc1. The van der Waals surface area contributed by atoms with Crippen LogP contribution in [0, 0.1) is 5.92 Å². The van der Waals surface area contributed by atoms with Crippen molar-refractivity contribution >= 4 is 5.69 Å². The molecule has 24 heavy (non-hydrogen) atoms. The summed E-state index contributed by atoms with van der Waals surface area (Å²) in [6.45, 7) is 5.66. The van der Waals surface area contributed by atoms with Gasteiger partial charge in [0, 0.05) is 44.2 Å². The van der Waals surface area contributed by atoms with E-state index in [1.165, 1.54) is 11.3 Å². The molecule has 1 aromatic heterocycles. The zero-order valence-electron chi connectivity index (χ0n) is 14.4. The molecule has 0 spiro atoms. The standard InChI is InChI=1S/C20H27N3O/c1-16-14-23(15-19-4-2-3-11-21-19)12-9-20(16)22-18-7-5-17(6-8-18)10-13-24/h2-8,11,16,20,22,24H,9-10,12-15H2,1H3. The van der Waals surface area contributed by atoms with Gasteiger partial charge in [0.05, 0.1) is 5.69 Å². The van der Waals surface area contributed by atoms with Crippen molar-refractivity contribution in [1.82, 2.24) is 9.88 Å². The van der Waals surface area contributed by atoms with E-state index in [9.17, 15) is 0 Å². The van der Waals surface area contributed by atoms with Gasteiger partial charge in [0.25, 0.3) is 0 Å². The van der Waals surface area contributed by atoms with E-state index in [0.29, 0.717) is 12.0 Å². The van der Waals surface area contributed by atoms with Crippen molar-refractivity contribution < 1.29 is 5.11 Å². The zero-order valence-corrected chi connectivity index (χ0v) is 14.4. The van der Waals surface area contributed by atoms with Crippen molar-refractivity contribution in [3.05, 3.63) is 59.9 Å². The molecule has 0 radical (unpaired) electrons. The Bertz CT molecular complexity index is 615. The summed E-state index contributed by atoms with van der Waals surface area (Å²) in [6, 6.07) is 15.1. The normalized spacial score (nSPS) is 21.6. The van der Waals surface area contributed by atoms with Crippen molar-refractivity contribution in [3.8, 4) is 0 Å². The van der Waals surface area contributed by atoms with Crippen molar-refractivity contribution in [1.29, 1.82) is 0 Å². The van der Waals surface area contributed by atoms with Crippen LogP contribution in [0.4, 0.5) is 5.69 Å². The van der Waals surface area contributed by atoms with Gasteiger partial charge in [0.2, 0.25) is 0 Å². The third-order valence-electron chi connectivity index (χ3n) is 4.81. The van der Waals surface area contributed by atoms with Crippen molar-refractivity contribution in [2.24, 2.45) is 5.92 Å². The van der Waals surface area contributed by atoms with Gasteiger partial charge in [0.1, 0.15) is 0 Å². The first-order chi connectivity index (χ1) is 11.7. The second-order valence-electron chi connectivity index (χ2n) is 6.74. The third-order valence-corrected chi connectivity index (χ3v) is 4.81. The van der Waals surface area contributed by atoms with Crippen molar-refractivity contribution in [2.45, 2.75) is 32.4 Å². The summed E-state index contributed by atoms with van der Waals surface area (Å²) in [5, 5.41) is 12.7. The van der Waals surface area contributed by atoms with Gasteiger partial charge in [-0.1, -0.05) is 25.1 Å². The smallest absolute Gasteiger partial charge is 0.0543 e. The first-order valence-corrected chi connectivity index (χ1v) is 8.83. The molecule has 3 rings (SSSR count). The summed E-state index contributed by atoms with van der Waals surface area (Å²) in [6.07, 6.45) is 3.74. The maximum Gasteiger partial charge on any atom is 0.0543 e. The van der Waals surface area contributed by atoms with Gasteiger partial charge in [-0.3, -0.25) is 9.88 Å². The third kappa shape index (κ3) is 4.56. The van der Waals surface area contributed by atoms with Crippen LogP contribution in [0.5, 0.6) is 0 Å². The number of rotatable bonds is 6. The van der Waals surface area contributed by atoms with Crippen LogP contribution in [0.2, 0.25) is 0 Å². The van der Waals surface area contributed by atoms with Crippen LogP contribution < -0.4 is 5.32 Å². The highest BCUT2D eigenvalue weighted by Gasteiger charge is 2.26. The minimum Gasteiger partial charge on any atom is -0.396 e. The Morgan fingerprint density at radius 1 is 1.21 bits per heavy atom. The van der Waals surface area contributed by atoms with Crippen molar-refractivity contribution in [3.63, 3.8) is 0 Å². The lowest BCUT2D eigenvalue weighted by molar-refractivity contribution is 0.163. The van der Waals surface area contributed by atoms with Gasteiger partial charge in [-0.15, -0.1) is 0 Å². The molecule has 0 bridgehead atoms. The number of aromatic nitrogens is 1. The second kappa shape index (κ2) is 8.27. The average Bonchev–Trinajstić information content (AvgIpc) is 2.60.